The molecule has 0 fully saturated rings. The lowest BCUT2D eigenvalue weighted by atomic mass is 10.00. The van der Waals surface area contributed by atoms with Gasteiger partial charge in [0.15, 0.2) is 5.82 Å². The van der Waals surface area contributed by atoms with E-state index >= 15 is 0 Å². The predicted molar refractivity (Wildman–Crippen MR) is 223 cm³/mol. The van der Waals surface area contributed by atoms with E-state index in [4.69, 9.17) is 9.97 Å². The second kappa shape index (κ2) is 11.7. The fourth-order valence-electron chi connectivity index (χ4n) is 8.18. The first kappa shape index (κ1) is 29.6. The first-order chi connectivity index (χ1) is 26.2. The summed E-state index contributed by atoms with van der Waals surface area (Å²) in [6, 6.07) is 67.4. The minimum atomic E-state index is 0.705. The van der Waals surface area contributed by atoms with E-state index in [1.807, 2.05) is 0 Å². The molecule has 2 heterocycles. The zero-order valence-electron chi connectivity index (χ0n) is 28.7. The molecule has 0 saturated heterocycles. The van der Waals surface area contributed by atoms with Gasteiger partial charge in [-0.1, -0.05) is 146 Å². The van der Waals surface area contributed by atoms with Crippen molar-refractivity contribution in [2.75, 3.05) is 0 Å². The molecule has 0 aliphatic rings. The Kier molecular flexibility index (Phi) is 6.55. The number of hydrogen-bond acceptors (Lipinski definition) is 2. The summed E-state index contributed by atoms with van der Waals surface area (Å²) in [6.07, 6.45) is 0. The summed E-state index contributed by atoms with van der Waals surface area (Å²) in [7, 11) is 0. The molecule has 2 aromatic heterocycles. The Bertz CT molecular complexity index is 3050. The van der Waals surface area contributed by atoms with Gasteiger partial charge in [-0.3, -0.25) is 0 Å². The van der Waals surface area contributed by atoms with Crippen molar-refractivity contribution in [1.29, 1.82) is 0 Å². The fraction of sp³-hybridized carbons (Fsp3) is 0. The molecule has 246 valence electrons. The number of nitrogens with zero attached hydrogens (tertiary/aromatic N) is 3. The third-order valence-corrected chi connectivity index (χ3v) is 10.7. The molecule has 11 aromatic rings. The molecule has 3 nitrogen and oxygen atoms in total. The minimum absolute atomic E-state index is 0.705. The van der Waals surface area contributed by atoms with E-state index in [0.29, 0.717) is 5.82 Å². The molecule has 0 atom stereocenters. The highest BCUT2D eigenvalue weighted by molar-refractivity contribution is 6.28. The van der Waals surface area contributed by atoms with Gasteiger partial charge in [-0.15, -0.1) is 0 Å². The Morgan fingerprint density at radius 1 is 0.321 bits per heavy atom. The molecule has 0 N–H and O–H groups in total. The molecule has 0 radical (unpaired) electrons. The van der Waals surface area contributed by atoms with Crippen LogP contribution in [0.2, 0.25) is 0 Å². The molecule has 0 bridgehead atoms. The quantitative estimate of drug-likeness (QED) is 0.186. The van der Waals surface area contributed by atoms with Gasteiger partial charge >= 0.3 is 0 Å². The van der Waals surface area contributed by atoms with Crippen LogP contribution in [0.15, 0.2) is 188 Å². The number of aromatic nitrogens is 3. The van der Waals surface area contributed by atoms with Crippen LogP contribution in [0.25, 0.3) is 104 Å². The average Bonchev–Trinajstić information content (AvgIpc) is 3.59. The topological polar surface area (TPSA) is 30.7 Å². The van der Waals surface area contributed by atoms with Crippen LogP contribution >= 0.6 is 0 Å². The Labute approximate surface area is 306 Å². The molecule has 0 saturated carbocycles. The third-order valence-electron chi connectivity index (χ3n) is 10.7. The summed E-state index contributed by atoms with van der Waals surface area (Å²) >= 11 is 0. The van der Waals surface area contributed by atoms with E-state index in [0.717, 1.165) is 33.8 Å². The number of hydrogen-bond donors (Lipinski definition) is 0. The van der Waals surface area contributed by atoms with Crippen molar-refractivity contribution < 1.29 is 0 Å². The lowest BCUT2D eigenvalue weighted by Gasteiger charge is -2.13. The van der Waals surface area contributed by atoms with Crippen molar-refractivity contribution in [3.05, 3.63) is 188 Å². The normalized spacial score (nSPS) is 11.8. The second-order valence-electron chi connectivity index (χ2n) is 13.8. The third kappa shape index (κ3) is 4.82. The van der Waals surface area contributed by atoms with Crippen molar-refractivity contribution in [2.24, 2.45) is 0 Å². The van der Waals surface area contributed by atoms with Crippen molar-refractivity contribution in [2.45, 2.75) is 0 Å². The van der Waals surface area contributed by atoms with Crippen molar-refractivity contribution in [3.8, 4) is 39.6 Å². The molecule has 0 aliphatic heterocycles. The Balaban J connectivity index is 1.15. The van der Waals surface area contributed by atoms with Crippen LogP contribution in [0.1, 0.15) is 0 Å². The molecule has 11 rings (SSSR count). The van der Waals surface area contributed by atoms with Crippen LogP contribution in [0.4, 0.5) is 0 Å². The van der Waals surface area contributed by atoms with Crippen LogP contribution in [0, 0.1) is 0 Å². The van der Waals surface area contributed by atoms with Crippen molar-refractivity contribution in [1.82, 2.24) is 14.5 Å². The molecule has 0 spiro atoms. The van der Waals surface area contributed by atoms with E-state index in [-0.39, 0.29) is 0 Å². The van der Waals surface area contributed by atoms with E-state index in [2.05, 4.69) is 193 Å². The fourth-order valence-corrected chi connectivity index (χ4v) is 8.18. The summed E-state index contributed by atoms with van der Waals surface area (Å²) in [5, 5.41) is 12.3. The average molecular weight is 674 g/mol. The van der Waals surface area contributed by atoms with Gasteiger partial charge in [-0.2, -0.15) is 0 Å². The van der Waals surface area contributed by atoms with Gasteiger partial charge in [-0.25, -0.2) is 9.97 Å². The zero-order chi connectivity index (χ0) is 34.9. The summed E-state index contributed by atoms with van der Waals surface area (Å²) in [5.41, 5.74) is 8.31. The van der Waals surface area contributed by atoms with Crippen LogP contribution < -0.4 is 0 Å². The van der Waals surface area contributed by atoms with Crippen LogP contribution in [-0.2, 0) is 0 Å². The van der Waals surface area contributed by atoms with E-state index in [1.165, 1.54) is 64.9 Å². The monoisotopic (exact) mass is 673 g/mol. The van der Waals surface area contributed by atoms with Gasteiger partial charge in [0.2, 0.25) is 0 Å². The highest BCUT2D eigenvalue weighted by atomic mass is 15.0. The summed E-state index contributed by atoms with van der Waals surface area (Å²) < 4.78 is 2.42. The van der Waals surface area contributed by atoms with Gasteiger partial charge in [-0.05, 0) is 85.6 Å². The molecule has 0 aliphatic carbocycles. The summed E-state index contributed by atoms with van der Waals surface area (Å²) in [5.74, 6) is 0.705. The van der Waals surface area contributed by atoms with Crippen LogP contribution in [0.3, 0.4) is 0 Å². The maximum atomic E-state index is 5.28. The molecular formula is C50H31N3. The van der Waals surface area contributed by atoms with Gasteiger partial charge < -0.3 is 4.57 Å². The molecular weight excluding hydrogens is 643 g/mol. The summed E-state index contributed by atoms with van der Waals surface area (Å²) in [4.78, 5) is 10.5. The number of benzene rings is 9. The maximum absolute atomic E-state index is 5.28. The molecule has 0 unspecified atom stereocenters. The van der Waals surface area contributed by atoms with E-state index in [1.54, 1.807) is 0 Å². The van der Waals surface area contributed by atoms with Crippen molar-refractivity contribution >= 4 is 64.9 Å². The van der Waals surface area contributed by atoms with Crippen LogP contribution in [0.5, 0.6) is 0 Å². The lowest BCUT2D eigenvalue weighted by Crippen LogP contribution is -1.98. The van der Waals surface area contributed by atoms with E-state index in [9.17, 15) is 0 Å². The smallest absolute Gasteiger partial charge is 0.160 e. The predicted octanol–water partition coefficient (Wildman–Crippen LogP) is 13.2. The molecule has 0 amide bonds. The zero-order valence-corrected chi connectivity index (χ0v) is 28.7. The molecule has 3 heteroatoms. The SMILES string of the molecule is c1cc(-c2cc(-c3ccc4ccccc4c3)nc(-c3ccc4ccccc4c3)n2)cc(-n2c3ccc4ccccc4c3c3c4ccccc4ccc32)c1. The van der Waals surface area contributed by atoms with Crippen LogP contribution in [-0.4, -0.2) is 14.5 Å². The molecule has 9 aromatic carbocycles. The van der Waals surface area contributed by atoms with Crippen molar-refractivity contribution in [3.63, 3.8) is 0 Å². The Morgan fingerprint density at radius 2 is 0.792 bits per heavy atom. The van der Waals surface area contributed by atoms with Gasteiger partial charge in [0.05, 0.1) is 22.4 Å². The minimum Gasteiger partial charge on any atom is -0.309 e. The lowest BCUT2D eigenvalue weighted by molar-refractivity contribution is 1.17. The van der Waals surface area contributed by atoms with Gasteiger partial charge in [0, 0.05) is 33.2 Å². The van der Waals surface area contributed by atoms with Gasteiger partial charge in [0.25, 0.3) is 0 Å². The maximum Gasteiger partial charge on any atom is 0.160 e. The van der Waals surface area contributed by atoms with Gasteiger partial charge in [0.1, 0.15) is 0 Å². The highest BCUT2D eigenvalue weighted by Gasteiger charge is 2.18. The Hall–Kier alpha value is -7.10. The number of fused-ring (bicyclic) bond motifs is 9. The highest BCUT2D eigenvalue weighted by Crippen LogP contribution is 2.41. The Morgan fingerprint density at radius 3 is 1.40 bits per heavy atom. The number of rotatable bonds is 4. The standard InChI is InChI=1S/C50H31N3/c1-3-14-36-28-39(22-20-32(36)10-1)45-31-44(51-50(52-45)40-23-21-33-11-2-4-15-37(33)29-40)38-16-9-17-41(30-38)53-46-26-24-34-12-5-7-18-42(34)48(46)49-43-19-8-6-13-35(43)25-27-47(49)53/h1-31H. The first-order valence-corrected chi connectivity index (χ1v) is 18.1. The second-order valence-corrected chi connectivity index (χ2v) is 13.8. The largest absolute Gasteiger partial charge is 0.309 e. The molecule has 53 heavy (non-hydrogen) atoms. The summed E-state index contributed by atoms with van der Waals surface area (Å²) in [6.45, 7) is 0. The first-order valence-electron chi connectivity index (χ1n) is 18.1. The van der Waals surface area contributed by atoms with E-state index < -0.39 is 0 Å².